The van der Waals surface area contributed by atoms with Crippen molar-refractivity contribution in [2.45, 2.75) is 40.2 Å². The molecule has 6 heteroatoms. The molecule has 0 amide bonds. The maximum absolute atomic E-state index is 13.1. The highest BCUT2D eigenvalue weighted by Gasteiger charge is 2.25. The number of carbonyl (C=O) groups is 2. The fourth-order valence-electron chi connectivity index (χ4n) is 3.60. The molecule has 0 unspecified atom stereocenters. The number of hydrogen-bond donors (Lipinski definition) is 1. The monoisotopic (exact) mass is 475 g/mol. The van der Waals surface area contributed by atoms with Crippen LogP contribution in [-0.2, 0) is 13.0 Å². The molecular weight excluding hydrogens is 454 g/mol. The number of hydrogen-bond acceptors (Lipinski definition) is 2. The van der Waals surface area contributed by atoms with Gasteiger partial charge in [-0.05, 0) is 36.2 Å². The van der Waals surface area contributed by atoms with Crippen molar-refractivity contribution in [2.24, 2.45) is 5.92 Å². The zero-order chi connectivity index (χ0) is 21.3. The molecule has 3 aromatic rings. The van der Waals surface area contributed by atoms with Gasteiger partial charge in [0.2, 0.25) is 0 Å². The summed E-state index contributed by atoms with van der Waals surface area (Å²) in [6, 6.07) is 10.7. The van der Waals surface area contributed by atoms with Gasteiger partial charge in [0.15, 0.2) is 5.78 Å². The second-order valence-electron chi connectivity index (χ2n) is 7.45. The highest BCUT2D eigenvalue weighted by molar-refractivity contribution is 9.10. The van der Waals surface area contributed by atoms with Gasteiger partial charge in [0, 0.05) is 38.6 Å². The first-order chi connectivity index (χ1) is 13.7. The number of Topliss-reactive ketones (excluding diaryl/α,β-unsaturated/α-hetero) is 1. The summed E-state index contributed by atoms with van der Waals surface area (Å²) < 4.78 is 2.94. The van der Waals surface area contributed by atoms with Crippen LogP contribution in [0, 0.1) is 5.92 Å². The summed E-state index contributed by atoms with van der Waals surface area (Å²) in [5, 5.41) is 10.9. The number of fused-ring (bicyclic) bond motifs is 1. The summed E-state index contributed by atoms with van der Waals surface area (Å²) in [6.45, 7) is 6.31. The van der Waals surface area contributed by atoms with Crippen LogP contribution in [0.3, 0.4) is 0 Å². The summed E-state index contributed by atoms with van der Waals surface area (Å²) in [4.78, 5) is 24.7. The fourth-order valence-corrected chi connectivity index (χ4v) is 4.33. The van der Waals surface area contributed by atoms with E-state index in [-0.39, 0.29) is 17.3 Å². The van der Waals surface area contributed by atoms with Crippen LogP contribution >= 0.6 is 27.5 Å². The van der Waals surface area contributed by atoms with Crippen molar-refractivity contribution in [2.75, 3.05) is 0 Å². The first-order valence-corrected chi connectivity index (χ1v) is 10.8. The number of ketones is 1. The average Bonchev–Trinajstić information content (AvgIpc) is 2.96. The predicted octanol–water partition coefficient (Wildman–Crippen LogP) is 6.59. The Labute approximate surface area is 183 Å². The predicted molar refractivity (Wildman–Crippen MR) is 120 cm³/mol. The maximum atomic E-state index is 13.1. The number of carboxylic acids is 1. The van der Waals surface area contributed by atoms with E-state index < -0.39 is 5.97 Å². The van der Waals surface area contributed by atoms with E-state index in [1.54, 1.807) is 18.2 Å². The molecule has 0 aliphatic carbocycles. The molecule has 0 spiro atoms. The van der Waals surface area contributed by atoms with E-state index in [1.807, 2.05) is 32.0 Å². The van der Waals surface area contributed by atoms with E-state index in [2.05, 4.69) is 27.4 Å². The number of rotatable bonds is 7. The number of carboxylic acid groups (broad SMARTS) is 1. The molecule has 0 saturated carbocycles. The molecule has 29 heavy (non-hydrogen) atoms. The van der Waals surface area contributed by atoms with E-state index in [0.717, 1.165) is 39.5 Å². The van der Waals surface area contributed by atoms with Crippen LogP contribution in [0.5, 0.6) is 0 Å². The van der Waals surface area contributed by atoms with Gasteiger partial charge in [0.1, 0.15) is 0 Å². The van der Waals surface area contributed by atoms with Crippen molar-refractivity contribution >= 4 is 50.2 Å². The second-order valence-corrected chi connectivity index (χ2v) is 8.77. The lowest BCUT2D eigenvalue weighted by Crippen LogP contribution is -2.12. The summed E-state index contributed by atoms with van der Waals surface area (Å²) in [7, 11) is 0. The first-order valence-electron chi connectivity index (χ1n) is 9.61. The molecule has 0 saturated heterocycles. The van der Waals surface area contributed by atoms with E-state index in [0.29, 0.717) is 17.1 Å². The van der Waals surface area contributed by atoms with Gasteiger partial charge in [0.05, 0.1) is 11.1 Å². The SMILES string of the molecule is CCCc1c(C(=O)C(C)C)c2ccc(C(=O)O)cc2n1Cc1ccc(Br)cc1Cl. The number of benzene rings is 2. The standard InChI is InChI=1S/C23H23BrClNO3/c1-4-5-19-21(22(27)13(2)3)17-9-7-14(23(28)29)10-20(17)26(19)12-15-6-8-16(24)11-18(15)25/h6-11,13H,4-5,12H2,1-3H3,(H,28,29). The number of nitrogens with zero attached hydrogens (tertiary/aromatic N) is 1. The quantitative estimate of drug-likeness (QED) is 0.391. The lowest BCUT2D eigenvalue weighted by molar-refractivity contribution is 0.0696. The highest BCUT2D eigenvalue weighted by atomic mass is 79.9. The largest absolute Gasteiger partial charge is 0.478 e. The number of halogens is 2. The van der Waals surface area contributed by atoms with Crippen LogP contribution in [0.2, 0.25) is 5.02 Å². The Bertz CT molecular complexity index is 1100. The summed E-state index contributed by atoms with van der Waals surface area (Å²) in [5.41, 5.74) is 3.49. The van der Waals surface area contributed by atoms with Crippen LogP contribution < -0.4 is 0 Å². The van der Waals surface area contributed by atoms with Gasteiger partial charge in [-0.2, -0.15) is 0 Å². The average molecular weight is 477 g/mol. The maximum Gasteiger partial charge on any atom is 0.335 e. The first kappa shape index (κ1) is 21.6. The summed E-state index contributed by atoms with van der Waals surface area (Å²) in [6.07, 6.45) is 1.59. The second kappa shape index (κ2) is 8.72. The third-order valence-electron chi connectivity index (χ3n) is 5.02. The van der Waals surface area contributed by atoms with Crippen molar-refractivity contribution in [1.82, 2.24) is 4.57 Å². The fraction of sp³-hybridized carbons (Fsp3) is 0.304. The van der Waals surface area contributed by atoms with Crippen LogP contribution in [-0.4, -0.2) is 21.4 Å². The number of aromatic nitrogens is 1. The molecule has 1 N–H and O–H groups in total. The molecule has 0 atom stereocenters. The smallest absolute Gasteiger partial charge is 0.335 e. The number of carbonyl (C=O) groups excluding carboxylic acids is 1. The van der Waals surface area contributed by atoms with E-state index in [1.165, 1.54) is 0 Å². The van der Waals surface area contributed by atoms with Crippen molar-refractivity contribution in [3.8, 4) is 0 Å². The molecule has 1 aromatic heterocycles. The Morgan fingerprint density at radius 3 is 2.48 bits per heavy atom. The summed E-state index contributed by atoms with van der Waals surface area (Å²) >= 11 is 9.88. The van der Waals surface area contributed by atoms with Crippen LogP contribution in [0.25, 0.3) is 10.9 Å². The van der Waals surface area contributed by atoms with Crippen LogP contribution in [0.15, 0.2) is 40.9 Å². The Morgan fingerprint density at radius 2 is 1.90 bits per heavy atom. The van der Waals surface area contributed by atoms with Gasteiger partial charge >= 0.3 is 5.97 Å². The molecule has 0 aliphatic rings. The lowest BCUT2D eigenvalue weighted by atomic mass is 9.96. The lowest BCUT2D eigenvalue weighted by Gasteiger charge is -2.14. The molecule has 4 nitrogen and oxygen atoms in total. The molecule has 2 aromatic carbocycles. The van der Waals surface area contributed by atoms with E-state index in [4.69, 9.17) is 11.6 Å². The Hall–Kier alpha value is -2.11. The van der Waals surface area contributed by atoms with E-state index >= 15 is 0 Å². The third-order valence-corrected chi connectivity index (χ3v) is 5.87. The topological polar surface area (TPSA) is 59.3 Å². The zero-order valence-corrected chi connectivity index (χ0v) is 19.0. The molecule has 3 rings (SSSR count). The number of aromatic carboxylic acids is 1. The molecule has 0 bridgehead atoms. The van der Waals surface area contributed by atoms with Crippen molar-refractivity contribution < 1.29 is 14.7 Å². The third kappa shape index (κ3) is 4.26. The van der Waals surface area contributed by atoms with E-state index in [9.17, 15) is 14.7 Å². The van der Waals surface area contributed by atoms with Crippen molar-refractivity contribution in [1.29, 1.82) is 0 Å². The molecule has 0 aliphatic heterocycles. The van der Waals surface area contributed by atoms with Crippen LogP contribution in [0.4, 0.5) is 0 Å². The molecule has 0 radical (unpaired) electrons. The highest BCUT2D eigenvalue weighted by Crippen LogP contribution is 2.32. The zero-order valence-electron chi connectivity index (χ0n) is 16.6. The molecular formula is C23H23BrClNO3. The van der Waals surface area contributed by atoms with Gasteiger partial charge in [-0.15, -0.1) is 0 Å². The normalized spacial score (nSPS) is 11.4. The van der Waals surface area contributed by atoms with Crippen molar-refractivity contribution in [3.63, 3.8) is 0 Å². The molecule has 152 valence electrons. The minimum atomic E-state index is -0.991. The van der Waals surface area contributed by atoms with Gasteiger partial charge in [0.25, 0.3) is 0 Å². The Morgan fingerprint density at radius 1 is 1.17 bits per heavy atom. The Kier molecular flexibility index (Phi) is 6.49. The Balaban J connectivity index is 2.32. The van der Waals surface area contributed by atoms with Gasteiger partial charge in [-0.25, -0.2) is 4.79 Å². The van der Waals surface area contributed by atoms with Gasteiger partial charge < -0.3 is 9.67 Å². The van der Waals surface area contributed by atoms with Gasteiger partial charge in [-0.3, -0.25) is 4.79 Å². The summed E-state index contributed by atoms with van der Waals surface area (Å²) in [5.74, 6) is -1.07. The van der Waals surface area contributed by atoms with Crippen molar-refractivity contribution in [3.05, 3.63) is 68.3 Å². The molecule has 0 fully saturated rings. The minimum absolute atomic E-state index is 0.0715. The van der Waals surface area contributed by atoms with Gasteiger partial charge in [-0.1, -0.05) is 66.9 Å². The minimum Gasteiger partial charge on any atom is -0.478 e. The molecule has 1 heterocycles. The van der Waals surface area contributed by atoms with Crippen LogP contribution in [0.1, 0.15) is 59.2 Å².